The number of anilines is 1. The lowest BCUT2D eigenvalue weighted by atomic mass is 10.2. The monoisotopic (exact) mass is 511 g/mol. The number of fused-ring (bicyclic) bond motifs is 1. The summed E-state index contributed by atoms with van der Waals surface area (Å²) in [5.41, 5.74) is 0.165. The maximum absolute atomic E-state index is 12.9. The number of carbonyl (C=O) groups excluding carboxylic acids is 2. The standard InChI is InChI=1S/C23H21N5O5S2/c29-17-12-19(33-18-6-2-1-5-16(17)18)21(31)27-7-9-28(10-8-27)22-25-26-23(35-22)34-14-20(30)24-13-15-4-3-11-32-15/h1-6,11-12H,7-10,13-14H2,(H,24,30). The van der Waals surface area contributed by atoms with Crippen molar-refractivity contribution in [1.82, 2.24) is 20.4 Å². The number of nitrogens with one attached hydrogen (secondary N) is 1. The van der Waals surface area contributed by atoms with Crippen molar-refractivity contribution in [3.05, 3.63) is 70.5 Å². The lowest BCUT2D eigenvalue weighted by molar-refractivity contribution is -0.118. The Labute approximate surface area is 207 Å². The number of hydrogen-bond acceptors (Lipinski definition) is 10. The molecule has 0 atom stereocenters. The van der Waals surface area contributed by atoms with E-state index in [0.29, 0.717) is 53.8 Å². The van der Waals surface area contributed by atoms with Crippen LogP contribution in [-0.4, -0.2) is 58.8 Å². The van der Waals surface area contributed by atoms with Gasteiger partial charge >= 0.3 is 0 Å². The number of aromatic nitrogens is 2. The third kappa shape index (κ3) is 5.38. The first-order chi connectivity index (χ1) is 17.1. The van der Waals surface area contributed by atoms with Gasteiger partial charge in [-0.2, -0.15) is 0 Å². The van der Waals surface area contributed by atoms with Gasteiger partial charge in [-0.15, -0.1) is 10.2 Å². The van der Waals surface area contributed by atoms with Crippen LogP contribution in [0.4, 0.5) is 5.13 Å². The van der Waals surface area contributed by atoms with Crippen LogP contribution >= 0.6 is 23.1 Å². The first-order valence-electron chi connectivity index (χ1n) is 10.9. The molecule has 1 aliphatic heterocycles. The maximum Gasteiger partial charge on any atom is 0.289 e. The fourth-order valence-corrected chi connectivity index (χ4v) is 5.35. The minimum Gasteiger partial charge on any atom is -0.467 e. The Hall–Kier alpha value is -3.64. The topological polar surface area (TPSA) is 122 Å². The molecule has 0 aliphatic carbocycles. The first-order valence-corrected chi connectivity index (χ1v) is 12.7. The number of thioether (sulfide) groups is 1. The van der Waals surface area contributed by atoms with E-state index in [2.05, 4.69) is 20.4 Å². The average molecular weight is 512 g/mol. The summed E-state index contributed by atoms with van der Waals surface area (Å²) in [6, 6.07) is 11.7. The van der Waals surface area contributed by atoms with E-state index in [-0.39, 0.29) is 28.8 Å². The van der Waals surface area contributed by atoms with Crippen LogP contribution < -0.4 is 15.6 Å². The largest absolute Gasteiger partial charge is 0.467 e. The van der Waals surface area contributed by atoms with Crippen molar-refractivity contribution < 1.29 is 18.4 Å². The van der Waals surface area contributed by atoms with E-state index in [9.17, 15) is 14.4 Å². The van der Waals surface area contributed by atoms with E-state index in [1.54, 1.807) is 47.6 Å². The average Bonchev–Trinajstić information content (AvgIpc) is 3.58. The van der Waals surface area contributed by atoms with Crippen LogP contribution in [0.3, 0.4) is 0 Å². The molecule has 0 radical (unpaired) electrons. The highest BCUT2D eigenvalue weighted by Crippen LogP contribution is 2.28. The van der Waals surface area contributed by atoms with Crippen molar-refractivity contribution in [2.75, 3.05) is 36.8 Å². The fraction of sp³-hybridized carbons (Fsp3) is 0.261. The summed E-state index contributed by atoms with van der Waals surface area (Å²) in [4.78, 5) is 41.0. The van der Waals surface area contributed by atoms with Crippen molar-refractivity contribution in [2.45, 2.75) is 10.9 Å². The third-order valence-electron chi connectivity index (χ3n) is 5.45. The van der Waals surface area contributed by atoms with Crippen LogP contribution in [0, 0.1) is 0 Å². The molecular weight excluding hydrogens is 490 g/mol. The predicted molar refractivity (Wildman–Crippen MR) is 132 cm³/mol. The van der Waals surface area contributed by atoms with E-state index >= 15 is 0 Å². The molecule has 180 valence electrons. The highest BCUT2D eigenvalue weighted by atomic mass is 32.2. The van der Waals surface area contributed by atoms with Crippen molar-refractivity contribution in [1.29, 1.82) is 0 Å². The van der Waals surface area contributed by atoms with Gasteiger partial charge in [0, 0.05) is 32.2 Å². The van der Waals surface area contributed by atoms with Gasteiger partial charge in [-0.05, 0) is 24.3 Å². The summed E-state index contributed by atoms with van der Waals surface area (Å²) in [5, 5.41) is 12.4. The Morgan fingerprint density at radius 1 is 1.09 bits per heavy atom. The van der Waals surface area contributed by atoms with Gasteiger partial charge in [0.25, 0.3) is 5.91 Å². The zero-order chi connectivity index (χ0) is 24.2. The number of piperazine rings is 1. The molecule has 10 nitrogen and oxygen atoms in total. The summed E-state index contributed by atoms with van der Waals surface area (Å²) in [7, 11) is 0. The Balaban J connectivity index is 1.13. The lowest BCUT2D eigenvalue weighted by Gasteiger charge is -2.33. The molecule has 1 aliphatic rings. The Morgan fingerprint density at radius 2 is 1.91 bits per heavy atom. The molecule has 3 aromatic heterocycles. The number of hydrogen-bond donors (Lipinski definition) is 1. The third-order valence-corrected chi connectivity index (χ3v) is 7.56. The highest BCUT2D eigenvalue weighted by Gasteiger charge is 2.26. The second-order valence-electron chi connectivity index (χ2n) is 7.75. The van der Waals surface area contributed by atoms with E-state index in [0.717, 1.165) is 5.13 Å². The lowest BCUT2D eigenvalue weighted by Crippen LogP contribution is -2.48. The van der Waals surface area contributed by atoms with Crippen molar-refractivity contribution in [3.8, 4) is 0 Å². The highest BCUT2D eigenvalue weighted by molar-refractivity contribution is 8.01. The number of carbonyl (C=O) groups is 2. The smallest absolute Gasteiger partial charge is 0.289 e. The Kier molecular flexibility index (Phi) is 6.82. The molecule has 1 saturated heterocycles. The zero-order valence-electron chi connectivity index (χ0n) is 18.5. The van der Waals surface area contributed by atoms with Crippen molar-refractivity contribution >= 4 is 51.0 Å². The Bertz CT molecular complexity index is 1390. The van der Waals surface area contributed by atoms with Gasteiger partial charge in [0.15, 0.2) is 15.5 Å². The summed E-state index contributed by atoms with van der Waals surface area (Å²) >= 11 is 2.74. The van der Waals surface area contributed by atoms with Gasteiger partial charge in [0.2, 0.25) is 11.0 Å². The molecule has 0 unspecified atom stereocenters. The van der Waals surface area contributed by atoms with E-state index in [4.69, 9.17) is 8.83 Å². The molecule has 12 heteroatoms. The molecule has 1 N–H and O–H groups in total. The molecule has 1 fully saturated rings. The van der Waals surface area contributed by atoms with Crippen LogP contribution in [-0.2, 0) is 11.3 Å². The number of furan rings is 1. The van der Waals surface area contributed by atoms with Crippen molar-refractivity contribution in [2.24, 2.45) is 0 Å². The number of amides is 2. The normalized spacial score (nSPS) is 13.8. The van der Waals surface area contributed by atoms with Crippen LogP contribution in [0.15, 0.2) is 66.7 Å². The molecule has 35 heavy (non-hydrogen) atoms. The van der Waals surface area contributed by atoms with E-state index < -0.39 is 0 Å². The van der Waals surface area contributed by atoms with Crippen LogP contribution in [0.2, 0.25) is 0 Å². The molecule has 4 heterocycles. The van der Waals surface area contributed by atoms with Gasteiger partial charge in [0.05, 0.1) is 23.9 Å². The summed E-state index contributed by atoms with van der Waals surface area (Å²) in [6.07, 6.45) is 1.57. The minimum atomic E-state index is -0.304. The minimum absolute atomic E-state index is 0.0436. The van der Waals surface area contributed by atoms with Gasteiger partial charge < -0.3 is 24.0 Å². The number of para-hydroxylation sites is 1. The quantitative estimate of drug-likeness (QED) is 0.373. The van der Waals surface area contributed by atoms with Gasteiger partial charge in [-0.25, -0.2) is 0 Å². The molecule has 2 amide bonds. The van der Waals surface area contributed by atoms with Gasteiger partial charge in [0.1, 0.15) is 11.3 Å². The number of rotatable bonds is 7. The second-order valence-corrected chi connectivity index (χ2v) is 9.92. The molecule has 0 bridgehead atoms. The second kappa shape index (κ2) is 10.3. The zero-order valence-corrected chi connectivity index (χ0v) is 20.1. The van der Waals surface area contributed by atoms with Gasteiger partial charge in [-0.3, -0.25) is 14.4 Å². The van der Waals surface area contributed by atoms with Crippen LogP contribution in [0.1, 0.15) is 16.3 Å². The van der Waals surface area contributed by atoms with Crippen molar-refractivity contribution in [3.63, 3.8) is 0 Å². The molecule has 1 aromatic carbocycles. The molecule has 4 aromatic rings. The molecular formula is C23H21N5O5S2. The number of benzene rings is 1. The summed E-state index contributed by atoms with van der Waals surface area (Å²) in [6.45, 7) is 2.43. The summed E-state index contributed by atoms with van der Waals surface area (Å²) in [5.74, 6) is 0.551. The molecule has 5 rings (SSSR count). The van der Waals surface area contributed by atoms with Gasteiger partial charge in [-0.1, -0.05) is 35.2 Å². The SMILES string of the molecule is O=C(CSc1nnc(N2CCN(C(=O)c3cc(=O)c4ccccc4o3)CC2)s1)NCc1ccco1. The van der Waals surface area contributed by atoms with E-state index in [1.807, 2.05) is 0 Å². The van der Waals surface area contributed by atoms with Crippen LogP contribution in [0.25, 0.3) is 11.0 Å². The molecule has 0 saturated carbocycles. The maximum atomic E-state index is 12.9. The summed E-state index contributed by atoms with van der Waals surface area (Å²) < 4.78 is 11.6. The fourth-order valence-electron chi connectivity index (χ4n) is 3.63. The molecule has 0 spiro atoms. The van der Waals surface area contributed by atoms with E-state index in [1.165, 1.54) is 29.2 Å². The first kappa shape index (κ1) is 23.1. The van der Waals surface area contributed by atoms with Crippen LogP contribution in [0.5, 0.6) is 0 Å². The Morgan fingerprint density at radius 3 is 2.71 bits per heavy atom. The number of nitrogens with zero attached hydrogens (tertiary/aromatic N) is 4. The predicted octanol–water partition coefficient (Wildman–Crippen LogP) is 2.61.